The molecule has 12 heteroatoms. The molecule has 1 amide bonds. The molecule has 3 rings (SSSR count). The summed E-state index contributed by atoms with van der Waals surface area (Å²) in [7, 11) is 3.74. The van der Waals surface area contributed by atoms with E-state index >= 15 is 0 Å². The molecule has 0 aromatic heterocycles. The van der Waals surface area contributed by atoms with Crippen LogP contribution in [0.3, 0.4) is 0 Å². The van der Waals surface area contributed by atoms with E-state index in [0.717, 1.165) is 0 Å². The zero-order valence-electron chi connectivity index (χ0n) is 28.2. The molecule has 3 heterocycles. The Morgan fingerprint density at radius 3 is 2.20 bits per heavy atom. The monoisotopic (exact) mass is 626 g/mol. The number of fused-ring (bicyclic) bond motifs is 1. The fourth-order valence-electron chi connectivity index (χ4n) is 7.46. The van der Waals surface area contributed by atoms with Gasteiger partial charge in [0.2, 0.25) is 0 Å². The van der Waals surface area contributed by atoms with Crippen LogP contribution in [0.25, 0.3) is 0 Å². The number of aliphatic hydroxyl groups excluding tert-OH is 1. The molecule has 2 N–H and O–H groups in total. The Kier molecular flexibility index (Phi) is 11.7. The van der Waals surface area contributed by atoms with Crippen molar-refractivity contribution in [1.29, 1.82) is 0 Å². The van der Waals surface area contributed by atoms with Crippen molar-refractivity contribution < 1.29 is 48.0 Å². The van der Waals surface area contributed by atoms with Crippen LogP contribution < -0.4 is 5.32 Å². The van der Waals surface area contributed by atoms with Crippen LogP contribution in [0.1, 0.15) is 81.6 Å². The number of esters is 1. The normalized spacial score (nSPS) is 44.4. The van der Waals surface area contributed by atoms with E-state index in [1.54, 1.807) is 41.5 Å². The van der Waals surface area contributed by atoms with Gasteiger partial charge in [0.25, 0.3) is 0 Å². The highest BCUT2D eigenvalue weighted by Crippen LogP contribution is 2.40. The Hall–Kier alpha value is -2.12. The first kappa shape index (κ1) is 36.3. The Morgan fingerprint density at radius 1 is 1.00 bits per heavy atom. The number of likely N-dealkylation sites (N-methyl/N-ethyl adjacent to an activating group) is 1. The summed E-state index contributed by atoms with van der Waals surface area (Å²) in [6.07, 6.45) is -3.94. The highest BCUT2D eigenvalue weighted by atomic mass is 16.7. The van der Waals surface area contributed by atoms with Crippen molar-refractivity contribution in [2.24, 2.45) is 23.7 Å². The van der Waals surface area contributed by atoms with Crippen molar-refractivity contribution in [2.45, 2.75) is 136 Å². The number of nitrogens with zero attached hydrogens (tertiary/aromatic N) is 1. The highest BCUT2D eigenvalue weighted by Gasteiger charge is 2.57. The minimum absolute atomic E-state index is 0.155. The van der Waals surface area contributed by atoms with Crippen LogP contribution in [0.2, 0.25) is 0 Å². The fourth-order valence-corrected chi connectivity index (χ4v) is 7.46. The van der Waals surface area contributed by atoms with Gasteiger partial charge in [0.15, 0.2) is 17.7 Å². The molecule has 3 saturated heterocycles. The van der Waals surface area contributed by atoms with Gasteiger partial charge in [0.05, 0.1) is 23.9 Å². The predicted molar refractivity (Wildman–Crippen MR) is 161 cm³/mol. The molecule has 0 aliphatic carbocycles. The number of aliphatic hydroxyl groups is 1. The zero-order valence-corrected chi connectivity index (χ0v) is 28.2. The van der Waals surface area contributed by atoms with E-state index in [9.17, 15) is 24.3 Å². The second kappa shape index (κ2) is 14.1. The van der Waals surface area contributed by atoms with E-state index in [1.165, 1.54) is 6.92 Å². The van der Waals surface area contributed by atoms with E-state index in [0.29, 0.717) is 6.42 Å². The smallest absolute Gasteiger partial charge is 0.408 e. The molecule has 3 aliphatic heterocycles. The van der Waals surface area contributed by atoms with E-state index in [4.69, 9.17) is 23.7 Å². The zero-order chi connectivity index (χ0) is 33.3. The molecule has 13 atom stereocenters. The van der Waals surface area contributed by atoms with Gasteiger partial charge in [0, 0.05) is 30.4 Å². The lowest BCUT2D eigenvalue weighted by molar-refractivity contribution is -0.297. The molecule has 0 bridgehead atoms. The number of cyclic esters (lactones) is 1. The Balaban J connectivity index is 2.11. The summed E-state index contributed by atoms with van der Waals surface area (Å²) in [6, 6.07) is -1.04. The lowest BCUT2D eigenvalue weighted by atomic mass is 9.73. The van der Waals surface area contributed by atoms with Crippen molar-refractivity contribution in [2.75, 3.05) is 20.7 Å². The third kappa shape index (κ3) is 7.14. The first-order valence-electron chi connectivity index (χ1n) is 16.0. The van der Waals surface area contributed by atoms with Gasteiger partial charge in [-0.25, -0.2) is 4.79 Å². The third-order valence-corrected chi connectivity index (χ3v) is 9.93. The van der Waals surface area contributed by atoms with Gasteiger partial charge in [-0.15, -0.1) is 0 Å². The number of Topliss-reactive ketones (excluding diaryl/α,β-unsaturated/α-hetero) is 2. The number of alkyl carbamates (subject to hydrolysis) is 1. The molecule has 0 saturated carbocycles. The molecular weight excluding hydrogens is 572 g/mol. The number of hydrogen-bond donors (Lipinski definition) is 2. The lowest BCUT2D eigenvalue weighted by Gasteiger charge is -2.47. The summed E-state index contributed by atoms with van der Waals surface area (Å²) in [5.41, 5.74) is -2.55. The average molecular weight is 627 g/mol. The average Bonchev–Trinajstić information content (AvgIpc) is 3.27. The first-order chi connectivity index (χ1) is 20.4. The minimum Gasteiger partial charge on any atom is -0.458 e. The number of carbonyl (C=O) groups is 4. The second-order valence-electron chi connectivity index (χ2n) is 13.6. The van der Waals surface area contributed by atoms with Crippen LogP contribution in [0.5, 0.6) is 0 Å². The van der Waals surface area contributed by atoms with Crippen molar-refractivity contribution in [1.82, 2.24) is 10.2 Å². The second-order valence-corrected chi connectivity index (χ2v) is 13.6. The van der Waals surface area contributed by atoms with E-state index in [-0.39, 0.29) is 37.4 Å². The Labute approximate surface area is 261 Å². The van der Waals surface area contributed by atoms with E-state index in [1.807, 2.05) is 32.8 Å². The molecule has 0 spiro atoms. The predicted octanol–water partition coefficient (Wildman–Crippen LogP) is 2.87. The third-order valence-electron chi connectivity index (χ3n) is 9.93. The van der Waals surface area contributed by atoms with E-state index in [2.05, 4.69) is 5.32 Å². The summed E-state index contributed by atoms with van der Waals surface area (Å²) in [6.45, 7) is 15.8. The van der Waals surface area contributed by atoms with Crippen molar-refractivity contribution >= 4 is 23.6 Å². The van der Waals surface area contributed by atoms with Crippen molar-refractivity contribution in [3.8, 4) is 0 Å². The number of carbonyl (C=O) groups excluding carboxylic acids is 4. The van der Waals surface area contributed by atoms with Gasteiger partial charge in [-0.05, 0) is 68.0 Å². The summed E-state index contributed by atoms with van der Waals surface area (Å²) in [5.74, 6) is -4.78. The van der Waals surface area contributed by atoms with Crippen LogP contribution in [0.15, 0.2) is 0 Å². The number of rotatable bonds is 6. The number of ketones is 2. The van der Waals surface area contributed by atoms with Gasteiger partial charge in [0.1, 0.15) is 23.9 Å². The summed E-state index contributed by atoms with van der Waals surface area (Å²) in [4.78, 5) is 56.0. The molecule has 0 aromatic carbocycles. The Bertz CT molecular complexity index is 1070. The van der Waals surface area contributed by atoms with Crippen LogP contribution in [-0.4, -0.2) is 108 Å². The lowest BCUT2D eigenvalue weighted by Crippen LogP contribution is -2.60. The first-order valence-corrected chi connectivity index (χ1v) is 16.0. The molecule has 12 nitrogen and oxygen atoms in total. The molecule has 3 fully saturated rings. The molecule has 0 aromatic rings. The fraction of sp³-hybridized carbons (Fsp3) is 0.875. The SMILES string of the molecule is CCO[C@]1(C)C[C@@H](C)C(=O)[C@H](C)[C@H]2NC(=O)O[C@]2(C)[C@@H](CC)OC(=O)[C@H](C)C(=O)[C@H](C)[C@H]1O[C@@H]1O[C@H](C)C[C@H](N(C)C)[C@H]1O. The summed E-state index contributed by atoms with van der Waals surface area (Å²) < 4.78 is 30.5. The standard InChI is InChI=1S/C32H54N2O10/c1-12-22-32(9)26(33-30(39)44-32)18(5)23(35)16(3)15-31(8,40-13-2)27(19(6)24(36)20(7)28(38)42-22)43-29-25(37)21(34(10)11)14-17(4)41-29/h16-22,25-27,29,37H,12-15H2,1-11H3,(H,33,39)/t16-,17-,18+,19+,20-,21+,22-,25-,26-,27-,29+,31-,32-/m1/s1. The maximum atomic E-state index is 14.0. The summed E-state index contributed by atoms with van der Waals surface area (Å²) in [5, 5.41) is 14.1. The highest BCUT2D eigenvalue weighted by molar-refractivity contribution is 6.00. The number of hydrogen-bond acceptors (Lipinski definition) is 11. The number of nitrogens with one attached hydrogen (secondary N) is 1. The van der Waals surface area contributed by atoms with Crippen LogP contribution in [-0.2, 0) is 38.1 Å². The van der Waals surface area contributed by atoms with Gasteiger partial charge < -0.3 is 39.0 Å². The van der Waals surface area contributed by atoms with Crippen molar-refractivity contribution in [3.63, 3.8) is 0 Å². The van der Waals surface area contributed by atoms with Gasteiger partial charge in [-0.2, -0.15) is 0 Å². The van der Waals surface area contributed by atoms with Gasteiger partial charge in [-0.3, -0.25) is 14.4 Å². The number of ether oxygens (including phenoxy) is 5. The van der Waals surface area contributed by atoms with E-state index < -0.39 is 83.4 Å². The maximum absolute atomic E-state index is 14.0. The molecule has 44 heavy (non-hydrogen) atoms. The molecule has 0 radical (unpaired) electrons. The largest absolute Gasteiger partial charge is 0.458 e. The molecule has 252 valence electrons. The van der Waals surface area contributed by atoms with Crippen molar-refractivity contribution in [3.05, 3.63) is 0 Å². The van der Waals surface area contributed by atoms with Crippen LogP contribution in [0, 0.1) is 23.7 Å². The summed E-state index contributed by atoms with van der Waals surface area (Å²) >= 11 is 0. The van der Waals surface area contributed by atoms with Crippen LogP contribution in [0.4, 0.5) is 4.79 Å². The topological polar surface area (TPSA) is 150 Å². The molecular formula is C32H54N2O10. The maximum Gasteiger partial charge on any atom is 0.408 e. The molecule has 0 unspecified atom stereocenters. The Morgan fingerprint density at radius 2 is 1.64 bits per heavy atom. The van der Waals surface area contributed by atoms with Gasteiger partial charge in [-0.1, -0.05) is 27.7 Å². The molecule has 3 aliphatic rings. The quantitative estimate of drug-likeness (QED) is 0.331. The van der Waals surface area contributed by atoms with Crippen LogP contribution >= 0.6 is 0 Å². The number of amides is 1. The minimum atomic E-state index is -1.34. The van der Waals surface area contributed by atoms with Gasteiger partial charge >= 0.3 is 12.1 Å².